The van der Waals surface area contributed by atoms with E-state index in [-0.39, 0.29) is 17.9 Å². The third-order valence-corrected chi connectivity index (χ3v) is 4.65. The van der Waals surface area contributed by atoms with E-state index in [4.69, 9.17) is 5.11 Å². The van der Waals surface area contributed by atoms with Gasteiger partial charge in [-0.3, -0.25) is 4.79 Å². The molecule has 0 aromatic rings. The molecule has 0 bridgehead atoms. The van der Waals surface area contributed by atoms with Crippen molar-refractivity contribution in [1.29, 1.82) is 0 Å². The second-order valence-corrected chi connectivity index (χ2v) is 7.19. The van der Waals surface area contributed by atoms with Gasteiger partial charge < -0.3 is 10.4 Å². The highest BCUT2D eigenvalue weighted by Crippen LogP contribution is 2.34. The molecule has 0 aromatic carbocycles. The van der Waals surface area contributed by atoms with Crippen molar-refractivity contribution in [3.8, 4) is 0 Å². The highest BCUT2D eigenvalue weighted by atomic mass is 16.3. The Morgan fingerprint density at radius 3 is 2.30 bits per heavy atom. The van der Waals surface area contributed by atoms with Crippen molar-refractivity contribution in [3.63, 3.8) is 0 Å². The zero-order valence-electron chi connectivity index (χ0n) is 13.6. The van der Waals surface area contributed by atoms with Crippen LogP contribution >= 0.6 is 0 Å². The van der Waals surface area contributed by atoms with Crippen LogP contribution in [0.3, 0.4) is 0 Å². The Morgan fingerprint density at radius 2 is 1.80 bits per heavy atom. The van der Waals surface area contributed by atoms with Crippen molar-refractivity contribution >= 4 is 5.91 Å². The Kier molecular flexibility index (Phi) is 7.57. The highest BCUT2D eigenvalue weighted by molar-refractivity contribution is 5.82. The van der Waals surface area contributed by atoms with Crippen LogP contribution in [0.15, 0.2) is 0 Å². The number of carbonyl (C=O) groups is 1. The summed E-state index contributed by atoms with van der Waals surface area (Å²) < 4.78 is 0. The van der Waals surface area contributed by atoms with Gasteiger partial charge in [0.15, 0.2) is 0 Å². The van der Waals surface area contributed by atoms with Crippen molar-refractivity contribution in [2.45, 2.75) is 72.1 Å². The van der Waals surface area contributed by atoms with E-state index in [0.29, 0.717) is 18.4 Å². The van der Waals surface area contributed by atoms with Crippen molar-refractivity contribution in [2.24, 2.45) is 17.3 Å². The average Bonchev–Trinajstić information content (AvgIpc) is 2.61. The summed E-state index contributed by atoms with van der Waals surface area (Å²) in [5.74, 6) is 1.24. The fraction of sp³-hybridized carbons (Fsp3) is 0.941. The lowest BCUT2D eigenvalue weighted by Crippen LogP contribution is -2.41. The second-order valence-electron chi connectivity index (χ2n) is 7.19. The van der Waals surface area contributed by atoms with Crippen LogP contribution in [0.25, 0.3) is 0 Å². The van der Waals surface area contributed by atoms with Gasteiger partial charge in [-0.05, 0) is 37.5 Å². The summed E-state index contributed by atoms with van der Waals surface area (Å²) in [6.07, 6.45) is 8.78. The first-order valence-electron chi connectivity index (χ1n) is 8.37. The number of aliphatic hydroxyl groups is 1. The molecule has 1 fully saturated rings. The Hall–Kier alpha value is -0.570. The van der Waals surface area contributed by atoms with Crippen LogP contribution in [-0.2, 0) is 4.79 Å². The normalized spacial score (nSPS) is 20.4. The maximum atomic E-state index is 12.5. The van der Waals surface area contributed by atoms with Gasteiger partial charge in [-0.25, -0.2) is 0 Å². The predicted molar refractivity (Wildman–Crippen MR) is 83.5 cm³/mol. The first-order chi connectivity index (χ1) is 9.48. The summed E-state index contributed by atoms with van der Waals surface area (Å²) in [5, 5.41) is 12.3. The molecule has 1 aliphatic rings. The monoisotopic (exact) mass is 283 g/mol. The summed E-state index contributed by atoms with van der Waals surface area (Å²) in [6, 6.07) is 0. The van der Waals surface area contributed by atoms with E-state index in [1.165, 1.54) is 25.7 Å². The molecule has 20 heavy (non-hydrogen) atoms. The molecule has 1 amide bonds. The van der Waals surface area contributed by atoms with Gasteiger partial charge in [0, 0.05) is 18.6 Å². The number of carbonyl (C=O) groups excluding carboxylic acids is 1. The highest BCUT2D eigenvalue weighted by Gasteiger charge is 2.33. The Morgan fingerprint density at radius 1 is 1.20 bits per heavy atom. The number of hydrogen-bond donors (Lipinski definition) is 2. The summed E-state index contributed by atoms with van der Waals surface area (Å²) in [7, 11) is 0. The smallest absolute Gasteiger partial charge is 0.225 e. The van der Waals surface area contributed by atoms with Gasteiger partial charge in [-0.2, -0.15) is 0 Å². The molecule has 1 aliphatic carbocycles. The lowest BCUT2D eigenvalue weighted by Gasteiger charge is -2.28. The van der Waals surface area contributed by atoms with E-state index in [1.807, 2.05) is 0 Å². The Labute approximate surface area is 124 Å². The minimum atomic E-state index is -0.169. The van der Waals surface area contributed by atoms with E-state index >= 15 is 0 Å². The zero-order valence-corrected chi connectivity index (χ0v) is 13.6. The Bertz CT molecular complexity index is 281. The third kappa shape index (κ3) is 5.82. The average molecular weight is 283 g/mol. The van der Waals surface area contributed by atoms with E-state index in [1.54, 1.807) is 0 Å². The zero-order chi connectivity index (χ0) is 15.0. The van der Waals surface area contributed by atoms with E-state index in [0.717, 1.165) is 25.7 Å². The van der Waals surface area contributed by atoms with Crippen molar-refractivity contribution < 1.29 is 9.90 Å². The molecule has 0 saturated heterocycles. The molecule has 118 valence electrons. The van der Waals surface area contributed by atoms with Gasteiger partial charge in [-0.15, -0.1) is 0 Å². The van der Waals surface area contributed by atoms with Gasteiger partial charge in [0.2, 0.25) is 5.91 Å². The van der Waals surface area contributed by atoms with Crippen LogP contribution in [0, 0.1) is 17.3 Å². The molecule has 0 aliphatic heterocycles. The summed E-state index contributed by atoms with van der Waals surface area (Å²) in [5.41, 5.74) is -0.169. The molecule has 1 saturated carbocycles. The molecular weight excluding hydrogens is 250 g/mol. The molecular formula is C17H33NO2. The number of hydrogen-bond acceptors (Lipinski definition) is 2. The minimum absolute atomic E-state index is 0.169. The van der Waals surface area contributed by atoms with E-state index < -0.39 is 0 Å². The Balaban J connectivity index is 2.46. The molecule has 3 nitrogen and oxygen atoms in total. The molecule has 0 heterocycles. The molecule has 1 rings (SSSR count). The summed E-state index contributed by atoms with van der Waals surface area (Å²) >= 11 is 0. The van der Waals surface area contributed by atoms with Crippen molar-refractivity contribution in [1.82, 2.24) is 5.32 Å². The van der Waals surface area contributed by atoms with Crippen LogP contribution in [0.1, 0.15) is 72.1 Å². The fourth-order valence-electron chi connectivity index (χ4n) is 3.34. The quantitative estimate of drug-likeness (QED) is 0.702. The molecule has 0 spiro atoms. The maximum absolute atomic E-state index is 12.5. The summed E-state index contributed by atoms with van der Waals surface area (Å²) in [4.78, 5) is 12.5. The SMILES string of the molecule is CC(C)CC(CCO)CNC(=O)C1(C)CCCCCC1. The molecule has 2 N–H and O–H groups in total. The first-order valence-corrected chi connectivity index (χ1v) is 8.37. The molecule has 0 radical (unpaired) electrons. The maximum Gasteiger partial charge on any atom is 0.225 e. The van der Waals surface area contributed by atoms with E-state index in [2.05, 4.69) is 26.1 Å². The number of amides is 1. The lowest BCUT2D eigenvalue weighted by molar-refractivity contribution is -0.131. The predicted octanol–water partition coefficient (Wildman–Crippen LogP) is 3.51. The fourth-order valence-corrected chi connectivity index (χ4v) is 3.34. The van der Waals surface area contributed by atoms with Gasteiger partial charge in [0.05, 0.1) is 0 Å². The summed E-state index contributed by atoms with van der Waals surface area (Å²) in [6.45, 7) is 7.44. The standard InChI is InChI=1S/C17H33NO2/c1-14(2)12-15(8-11-19)13-18-16(20)17(3)9-6-4-5-7-10-17/h14-15,19H,4-13H2,1-3H3,(H,18,20). The van der Waals surface area contributed by atoms with Crippen LogP contribution in [0.4, 0.5) is 0 Å². The molecule has 3 heteroatoms. The molecule has 0 aromatic heterocycles. The van der Waals surface area contributed by atoms with Gasteiger partial charge in [0.1, 0.15) is 0 Å². The van der Waals surface area contributed by atoms with E-state index in [9.17, 15) is 4.79 Å². The number of rotatable bonds is 7. The largest absolute Gasteiger partial charge is 0.396 e. The minimum Gasteiger partial charge on any atom is -0.396 e. The second kappa shape index (κ2) is 8.66. The van der Waals surface area contributed by atoms with Crippen LogP contribution < -0.4 is 5.32 Å². The molecule has 1 unspecified atom stereocenters. The van der Waals surface area contributed by atoms with Gasteiger partial charge in [-0.1, -0.05) is 46.5 Å². The van der Waals surface area contributed by atoms with Crippen LogP contribution in [-0.4, -0.2) is 24.2 Å². The number of nitrogens with one attached hydrogen (secondary N) is 1. The van der Waals surface area contributed by atoms with Crippen LogP contribution in [0.5, 0.6) is 0 Å². The third-order valence-electron chi connectivity index (χ3n) is 4.65. The molecule has 1 atom stereocenters. The number of aliphatic hydroxyl groups excluding tert-OH is 1. The van der Waals surface area contributed by atoms with Gasteiger partial charge >= 0.3 is 0 Å². The van der Waals surface area contributed by atoms with Gasteiger partial charge in [0.25, 0.3) is 0 Å². The topological polar surface area (TPSA) is 49.3 Å². The lowest BCUT2D eigenvalue weighted by atomic mass is 9.81. The van der Waals surface area contributed by atoms with Crippen LogP contribution in [0.2, 0.25) is 0 Å². The van der Waals surface area contributed by atoms with Crippen molar-refractivity contribution in [2.75, 3.05) is 13.2 Å². The first kappa shape index (κ1) is 17.5. The van der Waals surface area contributed by atoms with Crippen molar-refractivity contribution in [3.05, 3.63) is 0 Å².